The molecule has 0 aliphatic heterocycles. The summed E-state index contributed by atoms with van der Waals surface area (Å²) in [5.41, 5.74) is 0. The molecule has 60 valence electrons. The smallest absolute Gasteiger partial charge is 0.00777 e. The highest BCUT2D eigenvalue weighted by atomic mass is 36.4. The Morgan fingerprint density at radius 1 is 0.889 bits per heavy atom. The third-order valence-corrected chi connectivity index (χ3v) is 9.08. The van der Waals surface area contributed by atoms with Gasteiger partial charge in [0, 0.05) is 11.5 Å². The molecule has 0 aliphatic rings. The van der Waals surface area contributed by atoms with Crippen molar-refractivity contribution >= 4 is 47.9 Å². The standard InChI is InChI=1S/C4H10Cl4S/c1-3-9(5,6,7,8)4-2/h3-4H2,1-2H3. The van der Waals surface area contributed by atoms with Gasteiger partial charge >= 0.3 is 0 Å². The first-order valence-electron chi connectivity index (χ1n) is 2.61. The van der Waals surface area contributed by atoms with E-state index in [1.807, 2.05) is 0 Å². The molecule has 0 spiro atoms. The van der Waals surface area contributed by atoms with Crippen LogP contribution in [0, 0.1) is 0 Å². The zero-order valence-corrected chi connectivity index (χ0v) is 9.17. The summed E-state index contributed by atoms with van der Waals surface area (Å²) in [6.07, 6.45) is 0. The molecule has 0 aliphatic carbocycles. The first-order valence-corrected chi connectivity index (χ1v) is 8.70. The van der Waals surface area contributed by atoms with E-state index in [4.69, 9.17) is 42.7 Å². The van der Waals surface area contributed by atoms with Crippen LogP contribution in [0.4, 0.5) is 0 Å². The monoisotopic (exact) mass is 230 g/mol. The topological polar surface area (TPSA) is 0 Å². The zero-order chi connectivity index (χ0) is 7.82. The molecule has 0 aromatic carbocycles. The summed E-state index contributed by atoms with van der Waals surface area (Å²) in [7, 11) is 23.3. The minimum absolute atomic E-state index is 0.405. The fourth-order valence-electron chi connectivity index (χ4n) is 0.204. The quantitative estimate of drug-likeness (QED) is 0.656. The zero-order valence-electron chi connectivity index (χ0n) is 5.33. The predicted octanol–water partition coefficient (Wildman–Crippen LogP) is 4.52. The van der Waals surface area contributed by atoms with Crippen LogP contribution in [0.2, 0.25) is 0 Å². The van der Waals surface area contributed by atoms with Gasteiger partial charge < -0.3 is 0 Å². The summed E-state index contributed by atoms with van der Waals surface area (Å²) < 4.78 is 0. The number of halogens is 4. The molecule has 0 amide bonds. The van der Waals surface area contributed by atoms with Crippen molar-refractivity contribution in [1.82, 2.24) is 0 Å². The predicted molar refractivity (Wildman–Crippen MR) is 52.1 cm³/mol. The summed E-state index contributed by atoms with van der Waals surface area (Å²) in [5, 5.41) is -3.64. The van der Waals surface area contributed by atoms with Crippen molar-refractivity contribution < 1.29 is 0 Å². The highest BCUT2D eigenvalue weighted by molar-refractivity contribution is 9.13. The Balaban J connectivity index is 4.64. The second kappa shape index (κ2) is 2.01. The van der Waals surface area contributed by atoms with Crippen LogP contribution in [0.25, 0.3) is 0 Å². The lowest BCUT2D eigenvalue weighted by atomic mass is 11.0. The van der Waals surface area contributed by atoms with Gasteiger partial charge in [-0.3, -0.25) is 0 Å². The van der Waals surface area contributed by atoms with Crippen molar-refractivity contribution in [2.24, 2.45) is 0 Å². The van der Waals surface area contributed by atoms with Crippen molar-refractivity contribution in [2.75, 3.05) is 11.5 Å². The molecule has 0 unspecified atom stereocenters. The number of hydrogen-bond donors (Lipinski definition) is 0. The van der Waals surface area contributed by atoms with Gasteiger partial charge in [0.2, 0.25) is 0 Å². The third-order valence-electron chi connectivity index (χ3n) is 1.28. The Morgan fingerprint density at radius 2 is 1.11 bits per heavy atom. The van der Waals surface area contributed by atoms with Crippen molar-refractivity contribution in [1.29, 1.82) is 0 Å². The Kier molecular flexibility index (Phi) is 2.35. The molecule has 0 N–H and O–H groups in total. The highest BCUT2D eigenvalue weighted by Gasteiger charge is 2.50. The molecule has 0 bridgehead atoms. The maximum Gasteiger partial charge on any atom is 0.00777 e. The van der Waals surface area contributed by atoms with E-state index in [1.54, 1.807) is 13.8 Å². The van der Waals surface area contributed by atoms with Crippen molar-refractivity contribution in [3.63, 3.8) is 0 Å². The van der Waals surface area contributed by atoms with Gasteiger partial charge in [0.25, 0.3) is 0 Å². The average molecular weight is 232 g/mol. The van der Waals surface area contributed by atoms with E-state index in [1.165, 1.54) is 0 Å². The lowest BCUT2D eigenvalue weighted by Gasteiger charge is -2.55. The molecule has 5 heteroatoms. The summed E-state index contributed by atoms with van der Waals surface area (Å²) >= 11 is 0. The van der Waals surface area contributed by atoms with E-state index in [2.05, 4.69) is 0 Å². The summed E-state index contributed by atoms with van der Waals surface area (Å²) in [5.74, 6) is 0.811. The minimum Gasteiger partial charge on any atom is -0.0549 e. The van der Waals surface area contributed by atoms with Crippen molar-refractivity contribution in [2.45, 2.75) is 13.8 Å². The molecular formula is C4H10Cl4S. The van der Waals surface area contributed by atoms with E-state index in [9.17, 15) is 0 Å². The molecule has 0 fully saturated rings. The van der Waals surface area contributed by atoms with Crippen LogP contribution in [0.5, 0.6) is 0 Å². The SMILES string of the molecule is CCS(Cl)(Cl)(Cl)(Cl)CC. The van der Waals surface area contributed by atoms with Gasteiger partial charge in [-0.15, -0.1) is 0 Å². The lowest BCUT2D eigenvalue weighted by Crippen LogP contribution is -2.12. The van der Waals surface area contributed by atoms with Gasteiger partial charge in [-0.05, 0) is 47.9 Å². The van der Waals surface area contributed by atoms with Crippen LogP contribution in [0.3, 0.4) is 0 Å². The largest absolute Gasteiger partial charge is 0.0549 e. The molecule has 0 saturated carbocycles. The average Bonchev–Trinajstić information content (AvgIpc) is 1.67. The van der Waals surface area contributed by atoms with Crippen molar-refractivity contribution in [3.05, 3.63) is 0 Å². The van der Waals surface area contributed by atoms with Crippen LogP contribution in [-0.2, 0) is 0 Å². The fraction of sp³-hybridized carbons (Fsp3) is 1.00. The van der Waals surface area contributed by atoms with Gasteiger partial charge in [-0.1, -0.05) is 13.8 Å². The summed E-state index contributed by atoms with van der Waals surface area (Å²) in [6, 6.07) is 0. The van der Waals surface area contributed by atoms with Gasteiger partial charge in [0.15, 0.2) is 0 Å². The van der Waals surface area contributed by atoms with Crippen LogP contribution in [-0.4, -0.2) is 11.5 Å². The summed E-state index contributed by atoms with van der Waals surface area (Å²) in [6.45, 7) is 3.57. The minimum atomic E-state index is -3.64. The highest BCUT2D eigenvalue weighted by Crippen LogP contribution is 3.04. The van der Waals surface area contributed by atoms with E-state index in [0.717, 1.165) is 0 Å². The number of hydrogen-bond acceptors (Lipinski definition) is 0. The normalized spacial score (nSPS) is 20.7. The molecule has 0 aromatic rings. The van der Waals surface area contributed by atoms with E-state index < -0.39 is 5.15 Å². The van der Waals surface area contributed by atoms with Crippen molar-refractivity contribution in [3.8, 4) is 0 Å². The molecule has 0 nitrogen and oxygen atoms in total. The molecule has 0 atom stereocenters. The van der Waals surface area contributed by atoms with Crippen LogP contribution < -0.4 is 0 Å². The molecule has 0 heterocycles. The van der Waals surface area contributed by atoms with Crippen LogP contribution >= 0.6 is 47.9 Å². The van der Waals surface area contributed by atoms with Gasteiger partial charge in [-0.25, -0.2) is 0 Å². The Hall–Kier alpha value is 1.51. The fourth-order valence-corrected chi connectivity index (χ4v) is 0.612. The molecule has 9 heavy (non-hydrogen) atoms. The molecule has 0 rings (SSSR count). The first kappa shape index (κ1) is 10.5. The van der Waals surface area contributed by atoms with E-state index in [0.29, 0.717) is 11.5 Å². The maximum absolute atomic E-state index is 5.83. The molecule has 0 saturated heterocycles. The van der Waals surface area contributed by atoms with Crippen LogP contribution in [0.1, 0.15) is 13.8 Å². The Bertz CT molecular complexity index is 110. The molecule has 0 radical (unpaired) electrons. The lowest BCUT2D eigenvalue weighted by molar-refractivity contribution is 1.44. The molecule has 0 aromatic heterocycles. The maximum atomic E-state index is 5.83. The summed E-state index contributed by atoms with van der Waals surface area (Å²) in [4.78, 5) is 0. The van der Waals surface area contributed by atoms with Gasteiger partial charge in [-0.2, -0.15) is 0 Å². The van der Waals surface area contributed by atoms with E-state index >= 15 is 0 Å². The van der Waals surface area contributed by atoms with Crippen LogP contribution in [0.15, 0.2) is 0 Å². The Morgan fingerprint density at radius 3 is 1.11 bits per heavy atom. The number of rotatable bonds is 2. The Labute approximate surface area is 73.1 Å². The molecular weight excluding hydrogens is 222 g/mol. The second-order valence-corrected chi connectivity index (χ2v) is 19.6. The third kappa shape index (κ3) is 4.05. The van der Waals surface area contributed by atoms with E-state index in [-0.39, 0.29) is 0 Å². The van der Waals surface area contributed by atoms with Gasteiger partial charge in [0.05, 0.1) is 0 Å². The first-order chi connectivity index (χ1) is 3.62. The van der Waals surface area contributed by atoms with Gasteiger partial charge in [0.1, 0.15) is 0 Å². The second-order valence-electron chi connectivity index (χ2n) is 2.00.